The first-order chi connectivity index (χ1) is 19.4. The van der Waals surface area contributed by atoms with Gasteiger partial charge in [0.05, 0.1) is 5.60 Å². The number of nitrogens with one attached hydrogen (secondary N) is 1. The summed E-state index contributed by atoms with van der Waals surface area (Å²) in [6.45, 7) is 3.37. The van der Waals surface area contributed by atoms with E-state index in [-0.39, 0.29) is 29.6 Å². The van der Waals surface area contributed by atoms with E-state index in [2.05, 4.69) is 10.3 Å². The zero-order valence-corrected chi connectivity index (χ0v) is 24.0. The molecular formula is C33H39FN4O3. The van der Waals surface area contributed by atoms with Crippen LogP contribution in [0.1, 0.15) is 64.4 Å². The first-order valence-corrected chi connectivity index (χ1v) is 14.3. The molecule has 2 saturated carbocycles. The number of benzene rings is 2. The van der Waals surface area contributed by atoms with Crippen molar-refractivity contribution in [3.05, 3.63) is 72.2 Å². The van der Waals surface area contributed by atoms with Gasteiger partial charge in [0, 0.05) is 49.3 Å². The molecule has 4 N–H and O–H groups in total. The van der Waals surface area contributed by atoms with Gasteiger partial charge in [-0.25, -0.2) is 9.37 Å². The third-order valence-corrected chi connectivity index (χ3v) is 8.83. The molecule has 0 unspecified atom stereocenters. The van der Waals surface area contributed by atoms with Crippen LogP contribution < -0.4 is 11.1 Å². The van der Waals surface area contributed by atoms with Gasteiger partial charge in [-0.05, 0) is 80.2 Å². The molecule has 216 valence electrons. The molecule has 0 saturated heterocycles. The van der Waals surface area contributed by atoms with Crippen molar-refractivity contribution in [1.29, 1.82) is 0 Å². The van der Waals surface area contributed by atoms with Crippen LogP contribution in [0.4, 0.5) is 10.2 Å². The summed E-state index contributed by atoms with van der Waals surface area (Å²) in [6.07, 6.45) is 6.59. The average Bonchev–Trinajstić information content (AvgIpc) is 2.92. The van der Waals surface area contributed by atoms with Crippen LogP contribution in [0.3, 0.4) is 0 Å². The quantitative estimate of drug-likeness (QED) is 0.349. The molecule has 41 heavy (non-hydrogen) atoms. The zero-order valence-electron chi connectivity index (χ0n) is 24.0. The normalized spacial score (nSPS) is 25.7. The Labute approximate surface area is 241 Å². The van der Waals surface area contributed by atoms with E-state index < -0.39 is 11.1 Å². The van der Waals surface area contributed by atoms with E-state index in [0.717, 1.165) is 42.4 Å². The summed E-state index contributed by atoms with van der Waals surface area (Å²) >= 11 is 0. The van der Waals surface area contributed by atoms with Gasteiger partial charge in [0.1, 0.15) is 11.6 Å². The first-order valence-electron chi connectivity index (χ1n) is 14.3. The highest BCUT2D eigenvalue weighted by Gasteiger charge is 2.49. The maximum atomic E-state index is 15.0. The predicted octanol–water partition coefficient (Wildman–Crippen LogP) is 5.62. The van der Waals surface area contributed by atoms with Gasteiger partial charge in [-0.2, -0.15) is 0 Å². The van der Waals surface area contributed by atoms with Gasteiger partial charge in [-0.3, -0.25) is 9.59 Å². The Bertz CT molecular complexity index is 1420. The number of carbonyl (C=O) groups is 2. The molecule has 7 nitrogen and oxygen atoms in total. The summed E-state index contributed by atoms with van der Waals surface area (Å²) in [5.74, 6) is 0.205. The predicted molar refractivity (Wildman–Crippen MR) is 158 cm³/mol. The largest absolute Gasteiger partial charge is 0.390 e. The summed E-state index contributed by atoms with van der Waals surface area (Å²) in [6, 6.07) is 16.3. The van der Waals surface area contributed by atoms with Crippen molar-refractivity contribution in [3.63, 3.8) is 0 Å². The van der Waals surface area contributed by atoms with Crippen molar-refractivity contribution in [2.45, 2.75) is 76.0 Å². The van der Waals surface area contributed by atoms with Gasteiger partial charge < -0.3 is 21.1 Å². The van der Waals surface area contributed by atoms with Gasteiger partial charge in [-0.15, -0.1) is 0 Å². The highest BCUT2D eigenvalue weighted by atomic mass is 19.1. The number of aromatic nitrogens is 1. The molecule has 1 aromatic heterocycles. The second kappa shape index (κ2) is 11.3. The number of anilines is 1. The molecule has 2 aromatic carbocycles. The van der Waals surface area contributed by atoms with E-state index >= 15 is 0 Å². The minimum Gasteiger partial charge on any atom is -0.390 e. The van der Waals surface area contributed by atoms with Gasteiger partial charge in [0.25, 0.3) is 0 Å². The average molecular weight is 559 g/mol. The zero-order chi connectivity index (χ0) is 29.4. The van der Waals surface area contributed by atoms with Crippen LogP contribution in [0.5, 0.6) is 0 Å². The minimum atomic E-state index is -0.749. The molecule has 0 radical (unpaired) electrons. The van der Waals surface area contributed by atoms with Crippen LogP contribution in [-0.2, 0) is 15.1 Å². The van der Waals surface area contributed by atoms with Crippen LogP contribution >= 0.6 is 0 Å². The molecule has 1 heterocycles. The summed E-state index contributed by atoms with van der Waals surface area (Å²) < 4.78 is 15.0. The number of rotatable bonds is 7. The third kappa shape index (κ3) is 6.34. The molecule has 8 heteroatoms. The number of halogens is 1. The van der Waals surface area contributed by atoms with E-state index in [9.17, 15) is 19.1 Å². The second-order valence-corrected chi connectivity index (χ2v) is 12.2. The number of carbonyl (C=O) groups excluding carboxylic acids is 2. The topological polar surface area (TPSA) is 109 Å². The molecule has 0 atom stereocenters. The molecule has 5 rings (SSSR count). The third-order valence-electron chi connectivity index (χ3n) is 8.83. The first kappa shape index (κ1) is 28.9. The van der Waals surface area contributed by atoms with Gasteiger partial charge in [-0.1, -0.05) is 42.5 Å². The minimum absolute atomic E-state index is 0.0678. The Kier molecular flexibility index (Phi) is 7.99. The monoisotopic (exact) mass is 558 g/mol. The van der Waals surface area contributed by atoms with Gasteiger partial charge >= 0.3 is 0 Å². The maximum Gasteiger partial charge on any atom is 0.225 e. The van der Waals surface area contributed by atoms with Gasteiger partial charge in [0.2, 0.25) is 11.8 Å². The Morgan fingerprint density at radius 1 is 1.05 bits per heavy atom. The number of nitrogens with zero attached hydrogens (tertiary/aromatic N) is 2. The summed E-state index contributed by atoms with van der Waals surface area (Å²) in [5.41, 5.74) is 8.78. The molecule has 2 aliphatic carbocycles. The Morgan fingerprint density at radius 2 is 1.71 bits per heavy atom. The Hall–Kier alpha value is -3.62. The molecule has 2 fully saturated rings. The second-order valence-electron chi connectivity index (χ2n) is 12.2. The molecule has 0 spiro atoms. The van der Waals surface area contributed by atoms with E-state index in [1.54, 1.807) is 49.2 Å². The smallest absolute Gasteiger partial charge is 0.225 e. The summed E-state index contributed by atoms with van der Waals surface area (Å²) in [7, 11) is 1.84. The van der Waals surface area contributed by atoms with Gasteiger partial charge in [0.15, 0.2) is 0 Å². The maximum absolute atomic E-state index is 15.0. The van der Waals surface area contributed by atoms with E-state index in [4.69, 9.17) is 5.73 Å². The SMILES string of the molecule is CC(=O)N(C)C1CCC(CC(=O)Nc2cc(-c3ccccc3F)c(-c3ccc(C4(N)CC(C)(O)C4)cc3)cn2)CC1. The van der Waals surface area contributed by atoms with E-state index in [0.29, 0.717) is 36.2 Å². The molecule has 2 amide bonds. The molecule has 3 aromatic rings. The fraction of sp³-hybridized carbons (Fsp3) is 0.424. The lowest BCUT2D eigenvalue weighted by Crippen LogP contribution is -2.58. The van der Waals surface area contributed by atoms with Crippen molar-refractivity contribution in [3.8, 4) is 22.3 Å². The van der Waals surface area contributed by atoms with Crippen molar-refractivity contribution in [2.24, 2.45) is 11.7 Å². The van der Waals surface area contributed by atoms with E-state index in [1.807, 2.05) is 31.3 Å². The molecule has 2 aliphatic rings. The molecule has 0 aliphatic heterocycles. The fourth-order valence-electron chi connectivity index (χ4n) is 6.60. The van der Waals surface area contributed by atoms with Crippen molar-refractivity contribution >= 4 is 17.6 Å². The number of nitrogens with two attached hydrogens (primary N) is 1. The standard InChI is InChI=1S/C33H39FN4O3/c1-21(39)38(3)25-14-8-22(9-15-25)16-31(40)37-30-17-27(26-6-4-5-7-29(26)34)28(18-36-30)23-10-12-24(13-11-23)33(35)19-32(2,41)20-33/h4-7,10-13,17-18,22,25,41H,8-9,14-16,19-20,35H2,1-3H3,(H,36,37,40). The summed E-state index contributed by atoms with van der Waals surface area (Å²) in [4.78, 5) is 31.0. The lowest BCUT2D eigenvalue weighted by molar-refractivity contribution is -0.130. The van der Waals surface area contributed by atoms with E-state index in [1.165, 1.54) is 6.07 Å². The van der Waals surface area contributed by atoms with Crippen molar-refractivity contribution in [1.82, 2.24) is 9.88 Å². The van der Waals surface area contributed by atoms with Crippen molar-refractivity contribution in [2.75, 3.05) is 12.4 Å². The fourth-order valence-corrected chi connectivity index (χ4v) is 6.60. The highest BCUT2D eigenvalue weighted by Crippen LogP contribution is 2.46. The van der Waals surface area contributed by atoms with Crippen LogP contribution in [0.15, 0.2) is 60.8 Å². The van der Waals surface area contributed by atoms with Crippen molar-refractivity contribution < 1.29 is 19.1 Å². The number of amides is 2. The number of hydrogen-bond acceptors (Lipinski definition) is 5. The number of hydrogen-bond donors (Lipinski definition) is 3. The number of pyridine rings is 1. The summed E-state index contributed by atoms with van der Waals surface area (Å²) in [5, 5.41) is 13.1. The van der Waals surface area contributed by atoms with Crippen LogP contribution in [0.2, 0.25) is 0 Å². The number of aliphatic hydroxyl groups is 1. The van der Waals surface area contributed by atoms with Crippen LogP contribution in [-0.4, -0.2) is 45.5 Å². The van der Waals surface area contributed by atoms with Crippen LogP contribution in [0.25, 0.3) is 22.3 Å². The Morgan fingerprint density at radius 3 is 2.32 bits per heavy atom. The molecule has 0 bridgehead atoms. The lowest BCUT2D eigenvalue weighted by Gasteiger charge is -2.49. The molecular weight excluding hydrogens is 519 g/mol. The Balaban J connectivity index is 1.33. The lowest BCUT2D eigenvalue weighted by atomic mass is 9.63. The highest BCUT2D eigenvalue weighted by molar-refractivity contribution is 5.92. The van der Waals surface area contributed by atoms with Crippen LogP contribution in [0, 0.1) is 11.7 Å².